The number of rotatable bonds is 6. The number of aliphatic carboxylic acids is 1. The van der Waals surface area contributed by atoms with Gasteiger partial charge in [0.05, 0.1) is 5.54 Å². The molecule has 0 spiro atoms. The van der Waals surface area contributed by atoms with Crippen LogP contribution in [0.1, 0.15) is 37.8 Å². The van der Waals surface area contributed by atoms with Crippen LogP contribution in [0.3, 0.4) is 0 Å². The predicted molar refractivity (Wildman–Crippen MR) is 77.6 cm³/mol. The predicted octanol–water partition coefficient (Wildman–Crippen LogP) is 2.39. The molecule has 0 saturated heterocycles. The van der Waals surface area contributed by atoms with Crippen molar-refractivity contribution in [1.29, 1.82) is 0 Å². The van der Waals surface area contributed by atoms with E-state index in [0.29, 0.717) is 13.0 Å². The molecule has 0 radical (unpaired) electrons. The van der Waals surface area contributed by atoms with Crippen molar-refractivity contribution >= 4 is 12.0 Å². The van der Waals surface area contributed by atoms with Crippen molar-refractivity contribution in [1.82, 2.24) is 10.6 Å². The highest BCUT2D eigenvalue weighted by Gasteiger charge is 2.23. The lowest BCUT2D eigenvalue weighted by molar-refractivity contribution is -0.137. The molecule has 1 aromatic rings. The van der Waals surface area contributed by atoms with Gasteiger partial charge in [0.1, 0.15) is 0 Å². The van der Waals surface area contributed by atoms with E-state index >= 15 is 0 Å². The van der Waals surface area contributed by atoms with Crippen LogP contribution in [0.5, 0.6) is 0 Å². The van der Waals surface area contributed by atoms with Crippen LogP contribution in [0.15, 0.2) is 24.3 Å². The number of aryl methyl sites for hydroxylation is 1. The van der Waals surface area contributed by atoms with Crippen LogP contribution in [-0.4, -0.2) is 23.7 Å². The summed E-state index contributed by atoms with van der Waals surface area (Å²) in [5.41, 5.74) is 1.69. The van der Waals surface area contributed by atoms with Crippen LogP contribution < -0.4 is 10.6 Å². The molecule has 3 N–H and O–H groups in total. The van der Waals surface area contributed by atoms with Gasteiger partial charge in [-0.15, -0.1) is 0 Å². The number of carboxylic acid groups (broad SMARTS) is 1. The van der Waals surface area contributed by atoms with Gasteiger partial charge in [-0.25, -0.2) is 4.79 Å². The Bertz CT molecular complexity index is 484. The fraction of sp³-hybridized carbons (Fsp3) is 0.467. The molecule has 5 heteroatoms. The van der Waals surface area contributed by atoms with Crippen LogP contribution in [0.4, 0.5) is 4.79 Å². The molecule has 1 rings (SSSR count). The zero-order chi connectivity index (χ0) is 15.2. The molecule has 110 valence electrons. The molecule has 0 unspecified atom stereocenters. The minimum atomic E-state index is -0.854. The standard InChI is InChI=1S/C15H22N2O3/c1-11-7-4-5-8-12(11)15(2,3)17-14(20)16-10-6-9-13(18)19/h4-5,7-8H,6,9-10H2,1-3H3,(H,18,19)(H2,16,17,20). The summed E-state index contributed by atoms with van der Waals surface area (Å²) in [4.78, 5) is 22.2. The van der Waals surface area contributed by atoms with Crippen LogP contribution in [0, 0.1) is 6.92 Å². The van der Waals surface area contributed by atoms with Gasteiger partial charge in [-0.1, -0.05) is 24.3 Å². The van der Waals surface area contributed by atoms with Gasteiger partial charge in [-0.3, -0.25) is 4.79 Å². The second-order valence-corrected chi connectivity index (χ2v) is 5.32. The van der Waals surface area contributed by atoms with Gasteiger partial charge in [0.15, 0.2) is 0 Å². The molecule has 0 heterocycles. The van der Waals surface area contributed by atoms with Gasteiger partial charge in [0, 0.05) is 13.0 Å². The molecule has 0 bridgehead atoms. The van der Waals surface area contributed by atoms with Crippen molar-refractivity contribution in [2.75, 3.05) is 6.54 Å². The topological polar surface area (TPSA) is 78.4 Å². The number of benzene rings is 1. The minimum absolute atomic E-state index is 0.0570. The molecule has 0 aliphatic rings. The highest BCUT2D eigenvalue weighted by molar-refractivity contribution is 5.75. The van der Waals surface area contributed by atoms with E-state index < -0.39 is 11.5 Å². The zero-order valence-corrected chi connectivity index (χ0v) is 12.2. The highest BCUT2D eigenvalue weighted by Crippen LogP contribution is 2.22. The maximum Gasteiger partial charge on any atom is 0.315 e. The molecule has 0 aromatic heterocycles. The first-order chi connectivity index (χ1) is 9.33. The SMILES string of the molecule is Cc1ccccc1C(C)(C)NC(=O)NCCCC(=O)O. The van der Waals surface area contributed by atoms with E-state index in [1.54, 1.807) is 0 Å². The first-order valence-electron chi connectivity index (χ1n) is 6.67. The summed E-state index contributed by atoms with van der Waals surface area (Å²) in [5, 5.41) is 14.1. The Morgan fingerprint density at radius 2 is 1.90 bits per heavy atom. The zero-order valence-electron chi connectivity index (χ0n) is 12.2. The Morgan fingerprint density at radius 1 is 1.25 bits per heavy atom. The summed E-state index contributed by atoms with van der Waals surface area (Å²) >= 11 is 0. The Hall–Kier alpha value is -2.04. The van der Waals surface area contributed by atoms with Gasteiger partial charge in [-0.2, -0.15) is 0 Å². The van der Waals surface area contributed by atoms with Crippen molar-refractivity contribution in [3.05, 3.63) is 35.4 Å². The summed E-state index contributed by atoms with van der Waals surface area (Å²) in [6.45, 7) is 6.23. The van der Waals surface area contributed by atoms with Crippen LogP contribution in [0.2, 0.25) is 0 Å². The maximum absolute atomic E-state index is 11.8. The maximum atomic E-state index is 11.8. The third kappa shape index (κ3) is 4.91. The largest absolute Gasteiger partial charge is 0.481 e. The molecule has 0 saturated carbocycles. The number of hydrogen-bond donors (Lipinski definition) is 3. The first-order valence-corrected chi connectivity index (χ1v) is 6.67. The van der Waals surface area contributed by atoms with E-state index in [-0.39, 0.29) is 12.5 Å². The second-order valence-electron chi connectivity index (χ2n) is 5.32. The first kappa shape index (κ1) is 16.0. The van der Waals surface area contributed by atoms with E-state index in [0.717, 1.165) is 11.1 Å². The van der Waals surface area contributed by atoms with Crippen LogP contribution >= 0.6 is 0 Å². The van der Waals surface area contributed by atoms with Gasteiger partial charge >= 0.3 is 12.0 Å². The van der Waals surface area contributed by atoms with Crippen molar-refractivity contribution in [3.8, 4) is 0 Å². The number of carbonyl (C=O) groups is 2. The number of nitrogens with one attached hydrogen (secondary N) is 2. The van der Waals surface area contributed by atoms with E-state index in [1.807, 2.05) is 45.0 Å². The molecule has 0 aliphatic heterocycles. The van der Waals surface area contributed by atoms with Crippen molar-refractivity contribution < 1.29 is 14.7 Å². The number of hydrogen-bond acceptors (Lipinski definition) is 2. The van der Waals surface area contributed by atoms with E-state index in [9.17, 15) is 9.59 Å². The lowest BCUT2D eigenvalue weighted by atomic mass is 9.90. The fourth-order valence-electron chi connectivity index (χ4n) is 2.11. The van der Waals surface area contributed by atoms with E-state index in [4.69, 9.17) is 5.11 Å². The Kier molecular flexibility index (Phi) is 5.55. The normalized spacial score (nSPS) is 10.9. The molecule has 5 nitrogen and oxygen atoms in total. The molecule has 0 aliphatic carbocycles. The molecular formula is C15H22N2O3. The lowest BCUT2D eigenvalue weighted by Gasteiger charge is -2.28. The molecule has 20 heavy (non-hydrogen) atoms. The lowest BCUT2D eigenvalue weighted by Crippen LogP contribution is -2.47. The van der Waals surface area contributed by atoms with E-state index in [1.165, 1.54) is 0 Å². The average Bonchev–Trinajstić information content (AvgIpc) is 2.34. The summed E-state index contributed by atoms with van der Waals surface area (Å²) in [6, 6.07) is 7.60. The molecule has 2 amide bonds. The highest BCUT2D eigenvalue weighted by atomic mass is 16.4. The Morgan fingerprint density at radius 3 is 2.50 bits per heavy atom. The minimum Gasteiger partial charge on any atom is -0.481 e. The average molecular weight is 278 g/mol. The summed E-state index contributed by atoms with van der Waals surface area (Å²) in [5.74, 6) is -0.854. The third-order valence-electron chi connectivity index (χ3n) is 3.10. The van der Waals surface area contributed by atoms with Crippen molar-refractivity contribution in [2.45, 2.75) is 39.2 Å². The Labute approximate surface area is 119 Å². The number of urea groups is 1. The van der Waals surface area contributed by atoms with E-state index in [2.05, 4.69) is 10.6 Å². The second kappa shape index (κ2) is 6.93. The van der Waals surface area contributed by atoms with Gasteiger partial charge in [-0.05, 0) is 38.3 Å². The monoisotopic (exact) mass is 278 g/mol. The third-order valence-corrected chi connectivity index (χ3v) is 3.10. The van der Waals surface area contributed by atoms with Crippen molar-refractivity contribution in [2.24, 2.45) is 0 Å². The fourth-order valence-corrected chi connectivity index (χ4v) is 2.11. The van der Waals surface area contributed by atoms with Gasteiger partial charge in [0.25, 0.3) is 0 Å². The van der Waals surface area contributed by atoms with Crippen LogP contribution in [0.25, 0.3) is 0 Å². The molecule has 1 aromatic carbocycles. The molecule has 0 fully saturated rings. The summed E-state index contributed by atoms with van der Waals surface area (Å²) < 4.78 is 0. The number of amides is 2. The smallest absolute Gasteiger partial charge is 0.315 e. The van der Waals surface area contributed by atoms with Crippen molar-refractivity contribution in [3.63, 3.8) is 0 Å². The number of carboxylic acids is 1. The molecule has 0 atom stereocenters. The summed E-state index contributed by atoms with van der Waals surface area (Å²) in [7, 11) is 0. The van der Waals surface area contributed by atoms with Crippen LogP contribution in [-0.2, 0) is 10.3 Å². The van der Waals surface area contributed by atoms with Gasteiger partial charge < -0.3 is 15.7 Å². The Balaban J connectivity index is 2.52. The number of carbonyl (C=O) groups excluding carboxylic acids is 1. The van der Waals surface area contributed by atoms with Gasteiger partial charge in [0.2, 0.25) is 0 Å². The quantitative estimate of drug-likeness (QED) is 0.699. The molecular weight excluding hydrogens is 256 g/mol. The summed E-state index contributed by atoms with van der Waals surface area (Å²) in [6.07, 6.45) is 0.481.